The van der Waals surface area contributed by atoms with Crippen molar-refractivity contribution in [3.05, 3.63) is 0 Å². The van der Waals surface area contributed by atoms with Crippen LogP contribution < -0.4 is 0 Å². The molecule has 62 heavy (non-hydrogen) atoms. The molecule has 0 bridgehead atoms. The number of carbonyl (C=O) groups is 3. The molecule has 0 aliphatic rings. The van der Waals surface area contributed by atoms with Crippen LogP contribution in [0.3, 0.4) is 0 Å². The molecule has 0 spiro atoms. The van der Waals surface area contributed by atoms with Crippen LogP contribution in [0.15, 0.2) is 0 Å². The van der Waals surface area contributed by atoms with Gasteiger partial charge in [-0.3, -0.25) is 14.4 Å². The zero-order valence-electron chi connectivity index (χ0n) is 42.5. The third-order valence-electron chi connectivity index (χ3n) is 12.7. The summed E-state index contributed by atoms with van der Waals surface area (Å²) in [4.78, 5) is 38.0. The van der Waals surface area contributed by atoms with Crippen LogP contribution in [-0.4, -0.2) is 37.2 Å². The van der Waals surface area contributed by atoms with Gasteiger partial charge in [-0.25, -0.2) is 0 Å². The lowest BCUT2D eigenvalue weighted by Crippen LogP contribution is -2.30. The first kappa shape index (κ1) is 60.4. The van der Waals surface area contributed by atoms with Gasteiger partial charge in [-0.15, -0.1) is 0 Å². The van der Waals surface area contributed by atoms with Gasteiger partial charge in [0.2, 0.25) is 0 Å². The van der Waals surface area contributed by atoms with Crippen molar-refractivity contribution in [2.45, 2.75) is 317 Å². The molecule has 368 valence electrons. The fraction of sp³-hybridized carbons (Fsp3) is 0.946. The molecule has 0 fully saturated rings. The van der Waals surface area contributed by atoms with Crippen LogP contribution in [0, 0.1) is 11.8 Å². The Labute approximate surface area is 387 Å². The van der Waals surface area contributed by atoms with E-state index in [1.165, 1.54) is 199 Å². The minimum absolute atomic E-state index is 0.0631. The summed E-state index contributed by atoms with van der Waals surface area (Å²) < 4.78 is 16.9. The Bertz CT molecular complexity index is 947. The maximum atomic E-state index is 12.8. The molecule has 0 N–H and O–H groups in total. The van der Waals surface area contributed by atoms with Crippen LogP contribution >= 0.6 is 0 Å². The lowest BCUT2D eigenvalue weighted by atomic mass is 10.0. The third kappa shape index (κ3) is 49.4. The normalized spacial score (nSPS) is 12.0. The smallest absolute Gasteiger partial charge is 0.306 e. The second-order valence-corrected chi connectivity index (χ2v) is 20.2. The van der Waals surface area contributed by atoms with E-state index in [9.17, 15) is 14.4 Å². The molecule has 1 atom stereocenters. The van der Waals surface area contributed by atoms with Crippen LogP contribution in [0.4, 0.5) is 0 Å². The summed E-state index contributed by atoms with van der Waals surface area (Å²) in [6, 6.07) is 0. The zero-order valence-corrected chi connectivity index (χ0v) is 42.5. The van der Waals surface area contributed by atoms with Gasteiger partial charge >= 0.3 is 17.9 Å². The summed E-state index contributed by atoms with van der Waals surface area (Å²) in [5.74, 6) is 0.814. The second-order valence-electron chi connectivity index (χ2n) is 20.2. The lowest BCUT2D eigenvalue weighted by Gasteiger charge is -2.18. The summed E-state index contributed by atoms with van der Waals surface area (Å²) in [5, 5.41) is 0. The first-order valence-electron chi connectivity index (χ1n) is 27.7. The quantitative estimate of drug-likeness (QED) is 0.0344. The Kier molecular flexibility index (Phi) is 47.6. The van der Waals surface area contributed by atoms with Gasteiger partial charge in [0.15, 0.2) is 6.10 Å². The summed E-state index contributed by atoms with van der Waals surface area (Å²) in [5.41, 5.74) is 0. The topological polar surface area (TPSA) is 78.9 Å². The molecule has 0 aliphatic carbocycles. The summed E-state index contributed by atoms with van der Waals surface area (Å²) in [6.45, 7) is 11.4. The molecule has 0 heterocycles. The maximum Gasteiger partial charge on any atom is 0.306 e. The van der Waals surface area contributed by atoms with E-state index in [4.69, 9.17) is 14.2 Å². The highest BCUT2D eigenvalue weighted by molar-refractivity contribution is 5.71. The summed E-state index contributed by atoms with van der Waals surface area (Å²) in [6.07, 6.45) is 50.9. The van der Waals surface area contributed by atoms with E-state index in [0.717, 1.165) is 69.6 Å². The summed E-state index contributed by atoms with van der Waals surface area (Å²) in [7, 11) is 0. The predicted molar refractivity (Wildman–Crippen MR) is 266 cm³/mol. The number of hydrogen-bond donors (Lipinski definition) is 0. The predicted octanol–water partition coefficient (Wildman–Crippen LogP) is 18.1. The highest BCUT2D eigenvalue weighted by Crippen LogP contribution is 2.18. The highest BCUT2D eigenvalue weighted by Gasteiger charge is 2.19. The van der Waals surface area contributed by atoms with Gasteiger partial charge in [0.25, 0.3) is 0 Å². The minimum Gasteiger partial charge on any atom is -0.462 e. The number of carbonyl (C=O) groups excluding carboxylic acids is 3. The fourth-order valence-corrected chi connectivity index (χ4v) is 8.52. The van der Waals surface area contributed by atoms with E-state index in [-0.39, 0.29) is 31.1 Å². The SMILES string of the molecule is CCCCCCCCCCCCCCCCC(=O)O[C@H](COC(=O)CCCCCCCCCCCCCCCCCC(C)C)COC(=O)CCCCCCCCCCCC(C)C. The molecule has 0 saturated carbocycles. The van der Waals surface area contributed by atoms with Gasteiger partial charge in [0.1, 0.15) is 13.2 Å². The maximum absolute atomic E-state index is 12.8. The van der Waals surface area contributed by atoms with Crippen LogP contribution in [0.25, 0.3) is 0 Å². The van der Waals surface area contributed by atoms with Crippen LogP contribution in [0.5, 0.6) is 0 Å². The number of esters is 3. The number of rotatable bonds is 50. The monoisotopic (exact) mass is 877 g/mol. The van der Waals surface area contributed by atoms with Crippen LogP contribution in [-0.2, 0) is 28.6 Å². The van der Waals surface area contributed by atoms with Crippen molar-refractivity contribution in [2.24, 2.45) is 11.8 Å². The standard InChI is InChI=1S/C56H108O6/c1-6-7-8-9-10-11-12-13-18-22-27-33-38-43-48-56(59)62-53(50-61-55(58)47-42-37-32-28-23-25-30-35-40-45-52(4)5)49-60-54(57)46-41-36-31-26-21-19-16-14-15-17-20-24-29-34-39-44-51(2)3/h51-53H,6-50H2,1-5H3/t53-/m1/s1. The molecule has 0 unspecified atom stereocenters. The minimum atomic E-state index is -0.762. The van der Waals surface area contributed by atoms with E-state index in [0.29, 0.717) is 19.3 Å². The fourth-order valence-electron chi connectivity index (χ4n) is 8.52. The molecule has 0 amide bonds. The number of hydrogen-bond acceptors (Lipinski definition) is 6. The largest absolute Gasteiger partial charge is 0.462 e. The van der Waals surface area contributed by atoms with Crippen LogP contribution in [0.1, 0.15) is 311 Å². The number of unbranched alkanes of at least 4 members (excludes halogenated alkanes) is 35. The van der Waals surface area contributed by atoms with Gasteiger partial charge < -0.3 is 14.2 Å². The Morgan fingerprint density at radius 3 is 0.790 bits per heavy atom. The Balaban J connectivity index is 4.28. The number of ether oxygens (including phenoxy) is 3. The van der Waals surface area contributed by atoms with E-state index < -0.39 is 6.10 Å². The van der Waals surface area contributed by atoms with E-state index in [1.807, 2.05) is 0 Å². The molecule has 0 radical (unpaired) electrons. The Hall–Kier alpha value is -1.59. The highest BCUT2D eigenvalue weighted by atomic mass is 16.6. The molecule has 0 rings (SSSR count). The molecule has 0 aromatic heterocycles. The van der Waals surface area contributed by atoms with Crippen molar-refractivity contribution in [1.29, 1.82) is 0 Å². The summed E-state index contributed by atoms with van der Waals surface area (Å²) >= 11 is 0. The van der Waals surface area contributed by atoms with E-state index in [2.05, 4.69) is 34.6 Å². The van der Waals surface area contributed by atoms with Gasteiger partial charge in [-0.1, -0.05) is 272 Å². The average Bonchev–Trinajstić information content (AvgIpc) is 3.24. The van der Waals surface area contributed by atoms with E-state index in [1.54, 1.807) is 0 Å². The van der Waals surface area contributed by atoms with Crippen molar-refractivity contribution in [2.75, 3.05) is 13.2 Å². The lowest BCUT2D eigenvalue weighted by molar-refractivity contribution is -0.167. The van der Waals surface area contributed by atoms with E-state index >= 15 is 0 Å². The first-order chi connectivity index (χ1) is 30.2. The van der Waals surface area contributed by atoms with Crippen LogP contribution in [0.2, 0.25) is 0 Å². The molecule has 0 aromatic rings. The zero-order chi connectivity index (χ0) is 45.4. The molecule has 0 aromatic carbocycles. The Morgan fingerprint density at radius 2 is 0.532 bits per heavy atom. The van der Waals surface area contributed by atoms with Gasteiger partial charge in [-0.05, 0) is 31.1 Å². The van der Waals surface area contributed by atoms with Gasteiger partial charge in [0, 0.05) is 19.3 Å². The van der Waals surface area contributed by atoms with Gasteiger partial charge in [0.05, 0.1) is 0 Å². The second kappa shape index (κ2) is 48.9. The van der Waals surface area contributed by atoms with Crippen molar-refractivity contribution in [3.8, 4) is 0 Å². The van der Waals surface area contributed by atoms with Gasteiger partial charge in [-0.2, -0.15) is 0 Å². The molecular weight excluding hydrogens is 769 g/mol. The van der Waals surface area contributed by atoms with Crippen molar-refractivity contribution >= 4 is 17.9 Å². The third-order valence-corrected chi connectivity index (χ3v) is 12.7. The molecule has 0 aliphatic heterocycles. The molecule has 6 nitrogen and oxygen atoms in total. The molecular formula is C56H108O6. The van der Waals surface area contributed by atoms with Crippen molar-refractivity contribution in [1.82, 2.24) is 0 Å². The van der Waals surface area contributed by atoms with Crippen molar-refractivity contribution < 1.29 is 28.6 Å². The first-order valence-corrected chi connectivity index (χ1v) is 27.7. The Morgan fingerprint density at radius 1 is 0.306 bits per heavy atom. The molecule has 0 saturated heterocycles. The average molecular weight is 877 g/mol. The van der Waals surface area contributed by atoms with Crippen molar-refractivity contribution in [3.63, 3.8) is 0 Å². The molecule has 6 heteroatoms.